The number of aromatic nitrogens is 1. The Labute approximate surface area is 179 Å². The van der Waals surface area contributed by atoms with Gasteiger partial charge in [0, 0.05) is 54.9 Å². The molecule has 0 radical (unpaired) electrons. The van der Waals surface area contributed by atoms with Gasteiger partial charge in [-0.15, -0.1) is 0 Å². The second-order valence-corrected chi connectivity index (χ2v) is 9.36. The van der Waals surface area contributed by atoms with Crippen molar-refractivity contribution in [3.05, 3.63) is 70.4 Å². The summed E-state index contributed by atoms with van der Waals surface area (Å²) in [5.41, 5.74) is 1.06. The van der Waals surface area contributed by atoms with Gasteiger partial charge in [0.25, 0.3) is 5.69 Å². The van der Waals surface area contributed by atoms with Crippen LogP contribution < -0.4 is 0 Å². The van der Waals surface area contributed by atoms with E-state index in [0.29, 0.717) is 18.7 Å². The number of hydrogen-bond acceptors (Lipinski definition) is 6. The molecule has 162 valence electrons. The topological polar surface area (TPSA) is 117 Å². The highest BCUT2D eigenvalue weighted by Crippen LogP contribution is 2.27. The smallest absolute Gasteiger partial charge is 0.289 e. The Bertz CT molecular complexity index is 1250. The Balaban J connectivity index is 1.48. The molecule has 1 N–H and O–H groups in total. The lowest BCUT2D eigenvalue weighted by Crippen LogP contribution is -2.53. The van der Waals surface area contributed by atoms with E-state index in [1.807, 2.05) is 36.1 Å². The number of hydrogen-bond donors (Lipinski definition) is 1. The van der Waals surface area contributed by atoms with Crippen LogP contribution in [0.4, 0.5) is 5.69 Å². The fraction of sp³-hybridized carbons (Fsp3) is 0.286. The SMILES string of the molecule is CC(C(=O)c1c[nH]c2ccccc12)N1CCN(S(=O)(=O)c2ccccc2[N+](=O)[O-])CC1. The summed E-state index contributed by atoms with van der Waals surface area (Å²) in [6.07, 6.45) is 1.71. The van der Waals surface area contributed by atoms with Crippen molar-refractivity contribution in [3.63, 3.8) is 0 Å². The van der Waals surface area contributed by atoms with Crippen LogP contribution >= 0.6 is 0 Å². The van der Waals surface area contributed by atoms with Gasteiger partial charge in [0.05, 0.1) is 11.0 Å². The molecule has 1 aliphatic heterocycles. The highest BCUT2D eigenvalue weighted by atomic mass is 32.2. The van der Waals surface area contributed by atoms with E-state index in [4.69, 9.17) is 0 Å². The van der Waals surface area contributed by atoms with E-state index in [2.05, 4.69) is 4.98 Å². The maximum atomic E-state index is 13.1. The molecule has 1 aliphatic rings. The summed E-state index contributed by atoms with van der Waals surface area (Å²) in [4.78, 5) is 28.4. The molecule has 0 amide bonds. The largest absolute Gasteiger partial charge is 0.360 e. The molecule has 0 bridgehead atoms. The number of ketones is 1. The van der Waals surface area contributed by atoms with Gasteiger partial charge in [0.1, 0.15) is 0 Å². The van der Waals surface area contributed by atoms with Crippen molar-refractivity contribution in [2.24, 2.45) is 0 Å². The van der Waals surface area contributed by atoms with Crippen molar-refractivity contribution in [3.8, 4) is 0 Å². The van der Waals surface area contributed by atoms with E-state index in [-0.39, 0.29) is 23.8 Å². The molecule has 0 saturated carbocycles. The molecule has 1 saturated heterocycles. The van der Waals surface area contributed by atoms with Crippen LogP contribution in [0, 0.1) is 10.1 Å². The number of nitro groups is 1. The van der Waals surface area contributed by atoms with Crippen molar-refractivity contribution in [1.29, 1.82) is 0 Å². The van der Waals surface area contributed by atoms with Crippen LogP contribution in [0.1, 0.15) is 17.3 Å². The number of para-hydroxylation sites is 2. The zero-order chi connectivity index (χ0) is 22.2. The van der Waals surface area contributed by atoms with Crippen LogP contribution in [-0.4, -0.2) is 65.5 Å². The lowest BCUT2D eigenvalue weighted by Gasteiger charge is -2.36. The molecule has 0 aliphatic carbocycles. The molecule has 4 rings (SSSR count). The summed E-state index contributed by atoms with van der Waals surface area (Å²) >= 11 is 0. The zero-order valence-electron chi connectivity index (χ0n) is 16.9. The zero-order valence-corrected chi connectivity index (χ0v) is 17.7. The van der Waals surface area contributed by atoms with E-state index < -0.39 is 26.7 Å². The third kappa shape index (κ3) is 3.85. The second-order valence-electron chi connectivity index (χ2n) is 7.45. The van der Waals surface area contributed by atoms with E-state index >= 15 is 0 Å². The van der Waals surface area contributed by atoms with Gasteiger partial charge in [-0.1, -0.05) is 30.3 Å². The number of piperazine rings is 1. The first kappa shape index (κ1) is 21.2. The quantitative estimate of drug-likeness (QED) is 0.356. The number of sulfonamides is 1. The average molecular weight is 442 g/mol. The molecule has 1 aromatic heterocycles. The van der Waals surface area contributed by atoms with Crippen LogP contribution in [0.2, 0.25) is 0 Å². The predicted octanol–water partition coefficient (Wildman–Crippen LogP) is 2.65. The van der Waals surface area contributed by atoms with Crippen LogP contribution in [0.25, 0.3) is 10.9 Å². The van der Waals surface area contributed by atoms with Gasteiger partial charge in [0.2, 0.25) is 10.0 Å². The number of nitrogens with zero attached hydrogens (tertiary/aromatic N) is 3. The minimum atomic E-state index is -4.00. The standard InChI is InChI=1S/C21H22N4O5S/c1-15(21(26)17-14-22-18-7-3-2-6-16(17)18)23-10-12-24(13-11-23)31(29,30)20-9-5-4-8-19(20)25(27)28/h2-9,14-15,22H,10-13H2,1H3. The van der Waals surface area contributed by atoms with E-state index in [1.54, 1.807) is 6.20 Å². The van der Waals surface area contributed by atoms with Gasteiger partial charge >= 0.3 is 0 Å². The van der Waals surface area contributed by atoms with E-state index in [1.165, 1.54) is 28.6 Å². The fourth-order valence-corrected chi connectivity index (χ4v) is 5.54. The van der Waals surface area contributed by atoms with E-state index in [0.717, 1.165) is 10.9 Å². The normalized spacial score (nSPS) is 16.9. The van der Waals surface area contributed by atoms with Crippen LogP contribution in [0.3, 0.4) is 0 Å². The van der Waals surface area contributed by atoms with Crippen molar-refractivity contribution in [1.82, 2.24) is 14.2 Å². The maximum absolute atomic E-state index is 13.1. The minimum Gasteiger partial charge on any atom is -0.360 e. The van der Waals surface area contributed by atoms with Crippen LogP contribution in [-0.2, 0) is 10.0 Å². The average Bonchev–Trinajstić information content (AvgIpc) is 3.22. The van der Waals surface area contributed by atoms with Gasteiger partial charge in [-0.25, -0.2) is 8.42 Å². The fourth-order valence-electron chi connectivity index (χ4n) is 3.96. The first-order valence-electron chi connectivity index (χ1n) is 9.88. The molecule has 2 aromatic carbocycles. The number of rotatable bonds is 6. The number of Topliss-reactive ketones (excluding diaryl/α,β-unsaturated/α-hetero) is 1. The Morgan fingerprint density at radius 2 is 1.71 bits per heavy atom. The van der Waals surface area contributed by atoms with Crippen molar-refractivity contribution < 1.29 is 18.1 Å². The highest BCUT2D eigenvalue weighted by Gasteiger charge is 2.35. The third-order valence-corrected chi connectivity index (χ3v) is 7.68. The summed E-state index contributed by atoms with van der Waals surface area (Å²) in [6, 6.07) is 12.5. The molecule has 31 heavy (non-hydrogen) atoms. The lowest BCUT2D eigenvalue weighted by atomic mass is 10.0. The predicted molar refractivity (Wildman–Crippen MR) is 116 cm³/mol. The maximum Gasteiger partial charge on any atom is 0.289 e. The first-order valence-corrected chi connectivity index (χ1v) is 11.3. The molecule has 10 heteroatoms. The number of aromatic amines is 1. The number of fused-ring (bicyclic) bond motifs is 1. The monoisotopic (exact) mass is 442 g/mol. The van der Waals surface area contributed by atoms with Gasteiger partial charge in [-0.2, -0.15) is 4.31 Å². The summed E-state index contributed by atoms with van der Waals surface area (Å²) in [7, 11) is -4.00. The number of carbonyl (C=O) groups excluding carboxylic acids is 1. The van der Waals surface area contributed by atoms with Gasteiger partial charge in [0.15, 0.2) is 10.7 Å². The van der Waals surface area contributed by atoms with E-state index in [9.17, 15) is 23.3 Å². The molecule has 2 heterocycles. The summed E-state index contributed by atoms with van der Waals surface area (Å²) in [6.45, 7) is 2.83. The van der Waals surface area contributed by atoms with Crippen molar-refractivity contribution in [2.45, 2.75) is 17.9 Å². The number of nitrogens with one attached hydrogen (secondary N) is 1. The van der Waals surface area contributed by atoms with Crippen LogP contribution in [0.15, 0.2) is 59.6 Å². The van der Waals surface area contributed by atoms with Crippen molar-refractivity contribution in [2.75, 3.05) is 26.2 Å². The Morgan fingerprint density at radius 3 is 2.42 bits per heavy atom. The molecule has 0 spiro atoms. The Kier molecular flexibility index (Phi) is 5.61. The molecule has 1 unspecified atom stereocenters. The Hall–Kier alpha value is -3.08. The number of nitro benzene ring substituents is 1. The van der Waals surface area contributed by atoms with Gasteiger partial charge in [-0.3, -0.25) is 19.8 Å². The first-order chi connectivity index (χ1) is 14.8. The number of carbonyl (C=O) groups is 1. The third-order valence-electron chi connectivity index (χ3n) is 5.73. The Morgan fingerprint density at radius 1 is 1.06 bits per heavy atom. The summed E-state index contributed by atoms with van der Waals surface area (Å²) < 4.78 is 27.2. The number of H-pyrrole nitrogens is 1. The van der Waals surface area contributed by atoms with Gasteiger partial charge < -0.3 is 4.98 Å². The second kappa shape index (κ2) is 8.22. The molecule has 1 atom stereocenters. The van der Waals surface area contributed by atoms with Gasteiger partial charge in [-0.05, 0) is 19.1 Å². The summed E-state index contributed by atoms with van der Waals surface area (Å²) in [5, 5.41) is 12.1. The number of benzene rings is 2. The molecule has 1 fully saturated rings. The molecular weight excluding hydrogens is 420 g/mol. The minimum absolute atomic E-state index is 0.0348. The molecular formula is C21H22N4O5S. The van der Waals surface area contributed by atoms with Crippen molar-refractivity contribution >= 4 is 32.4 Å². The summed E-state index contributed by atoms with van der Waals surface area (Å²) in [5.74, 6) is -0.0348. The highest BCUT2D eigenvalue weighted by molar-refractivity contribution is 7.89. The van der Waals surface area contributed by atoms with Crippen LogP contribution in [0.5, 0.6) is 0 Å². The lowest BCUT2D eigenvalue weighted by molar-refractivity contribution is -0.387. The molecule has 3 aromatic rings. The molecule has 9 nitrogen and oxygen atoms in total.